The van der Waals surface area contributed by atoms with E-state index in [0.717, 1.165) is 53.4 Å². The minimum Gasteiger partial charge on any atom is -0.488 e. The molecule has 1 saturated heterocycles. The average molecular weight is 723 g/mol. The summed E-state index contributed by atoms with van der Waals surface area (Å²) in [6.07, 6.45) is 10.4. The molecule has 1 aliphatic carbocycles. The lowest BCUT2D eigenvalue weighted by molar-refractivity contribution is -0.150. The Hall–Kier alpha value is -5.19. The third-order valence-electron chi connectivity index (χ3n) is 10.3. The molecule has 280 valence electrons. The zero-order valence-corrected chi connectivity index (χ0v) is 30.7. The Morgan fingerprint density at radius 1 is 1.11 bits per heavy atom. The van der Waals surface area contributed by atoms with Crippen molar-refractivity contribution in [2.75, 3.05) is 19.8 Å². The monoisotopic (exact) mass is 722 g/mol. The summed E-state index contributed by atoms with van der Waals surface area (Å²) in [4.78, 5) is 61.2. The number of nitrogens with one attached hydrogen (secondary N) is 2. The molecule has 3 amide bonds. The van der Waals surface area contributed by atoms with Crippen LogP contribution in [0.2, 0.25) is 0 Å². The molecule has 3 aromatic rings. The third kappa shape index (κ3) is 8.72. The van der Waals surface area contributed by atoms with Gasteiger partial charge in [0.25, 0.3) is 0 Å². The second kappa shape index (κ2) is 17.1. The highest BCUT2D eigenvalue weighted by Gasteiger charge is 2.62. The number of ether oxygens (including phenoxy) is 3. The number of fused-ring (bicyclic) bond motifs is 3. The van der Waals surface area contributed by atoms with Crippen molar-refractivity contribution in [2.24, 2.45) is 5.92 Å². The molecule has 3 heterocycles. The van der Waals surface area contributed by atoms with Crippen LogP contribution in [0, 0.1) is 5.92 Å². The summed E-state index contributed by atoms with van der Waals surface area (Å²) in [5.74, 6) is -1.14. The van der Waals surface area contributed by atoms with Gasteiger partial charge in [-0.3, -0.25) is 9.59 Å². The van der Waals surface area contributed by atoms with Crippen LogP contribution in [-0.4, -0.2) is 77.2 Å². The van der Waals surface area contributed by atoms with Crippen molar-refractivity contribution < 1.29 is 33.4 Å². The Labute approximate surface area is 311 Å². The number of rotatable bonds is 9. The van der Waals surface area contributed by atoms with E-state index in [1.807, 2.05) is 55.5 Å². The number of esters is 1. The fourth-order valence-corrected chi connectivity index (χ4v) is 7.26. The van der Waals surface area contributed by atoms with E-state index in [9.17, 15) is 19.2 Å². The van der Waals surface area contributed by atoms with Gasteiger partial charge in [0, 0.05) is 29.4 Å². The first-order chi connectivity index (χ1) is 25.8. The number of alkyl carbamates (subject to hydrolysis) is 1. The molecule has 1 aromatic heterocycles. The van der Waals surface area contributed by atoms with E-state index >= 15 is 0 Å². The molecule has 6 rings (SSSR count). The number of hydrogen-bond acceptors (Lipinski definition) is 8. The molecule has 0 spiro atoms. The first-order valence-corrected chi connectivity index (χ1v) is 18.9. The summed E-state index contributed by atoms with van der Waals surface area (Å²) in [6, 6.07) is 15.9. The van der Waals surface area contributed by atoms with Crippen LogP contribution in [0.4, 0.5) is 4.79 Å². The fourth-order valence-electron chi connectivity index (χ4n) is 7.26. The lowest BCUT2D eigenvalue weighted by Crippen LogP contribution is -2.56. The number of aromatic nitrogens is 1. The largest absolute Gasteiger partial charge is 0.488 e. The van der Waals surface area contributed by atoms with Gasteiger partial charge in [0.15, 0.2) is 0 Å². The Kier molecular flexibility index (Phi) is 12.1. The minimum atomic E-state index is -1.24. The molecule has 0 unspecified atom stereocenters. The van der Waals surface area contributed by atoms with Gasteiger partial charge in [-0.05, 0) is 63.1 Å². The summed E-state index contributed by atoms with van der Waals surface area (Å²) in [5, 5.41) is 6.55. The van der Waals surface area contributed by atoms with Gasteiger partial charge in [0.1, 0.15) is 29.5 Å². The van der Waals surface area contributed by atoms with Crippen LogP contribution in [0.25, 0.3) is 28.2 Å². The maximum atomic E-state index is 14.5. The van der Waals surface area contributed by atoms with Crippen molar-refractivity contribution in [3.05, 3.63) is 78.9 Å². The van der Waals surface area contributed by atoms with Gasteiger partial charge in [-0.15, -0.1) is 6.58 Å². The van der Waals surface area contributed by atoms with E-state index in [-0.39, 0.29) is 32.1 Å². The molecular formula is C42H50N4O7. The molecule has 53 heavy (non-hydrogen) atoms. The molecule has 2 N–H and O–H groups in total. The van der Waals surface area contributed by atoms with Crippen LogP contribution in [0.3, 0.4) is 0 Å². The van der Waals surface area contributed by atoms with Crippen molar-refractivity contribution in [3.63, 3.8) is 0 Å². The molecule has 11 nitrogen and oxygen atoms in total. The van der Waals surface area contributed by atoms with Gasteiger partial charge >= 0.3 is 12.1 Å². The predicted molar refractivity (Wildman–Crippen MR) is 203 cm³/mol. The van der Waals surface area contributed by atoms with E-state index in [1.165, 1.54) is 4.90 Å². The Bertz CT molecular complexity index is 1850. The average Bonchev–Trinajstić information content (AvgIpc) is 3.72. The number of allylic oxidation sites excluding steroid dienone is 1. The highest BCUT2D eigenvalue weighted by Crippen LogP contribution is 2.46. The number of amides is 3. The number of pyridine rings is 1. The van der Waals surface area contributed by atoms with E-state index in [4.69, 9.17) is 19.2 Å². The van der Waals surface area contributed by atoms with Crippen molar-refractivity contribution in [1.29, 1.82) is 0 Å². The smallest absolute Gasteiger partial charge is 0.407 e. The van der Waals surface area contributed by atoms with Crippen LogP contribution >= 0.6 is 0 Å². The number of unbranched alkanes of at least 4 members (excludes halogenated alkanes) is 1. The van der Waals surface area contributed by atoms with Gasteiger partial charge < -0.3 is 29.7 Å². The van der Waals surface area contributed by atoms with Crippen molar-refractivity contribution in [3.8, 4) is 17.0 Å². The maximum absolute atomic E-state index is 14.5. The minimum absolute atomic E-state index is 0.0810. The number of hydrogen-bond donors (Lipinski definition) is 2. The SMILES string of the molecule is C=C[C@@H]1C[C@]1(NC(=O)[C@@H]1C[C@@H]2CN1C(=O)[C@H](CCCC)NC(=O)OCCCCCC=Cc1ccc3nc(-c4ccccc4)cc(c3c1)O2)C(=O)OCC. The summed E-state index contributed by atoms with van der Waals surface area (Å²) in [6.45, 7) is 8.04. The van der Waals surface area contributed by atoms with Crippen LogP contribution in [0.5, 0.6) is 5.75 Å². The normalized spacial score (nSPS) is 24.8. The molecule has 11 heteroatoms. The quantitative estimate of drug-likeness (QED) is 0.183. The molecule has 1 saturated carbocycles. The zero-order valence-electron chi connectivity index (χ0n) is 30.7. The number of carbonyl (C=O) groups excluding carboxylic acids is 4. The van der Waals surface area contributed by atoms with E-state index < -0.39 is 47.6 Å². The molecule has 2 aliphatic heterocycles. The fraction of sp³-hybridized carbons (Fsp3) is 0.452. The highest BCUT2D eigenvalue weighted by atomic mass is 16.5. The van der Waals surface area contributed by atoms with Crippen LogP contribution in [0.1, 0.15) is 77.2 Å². The van der Waals surface area contributed by atoms with Gasteiger partial charge in [-0.1, -0.05) is 74.4 Å². The maximum Gasteiger partial charge on any atom is 0.407 e. The van der Waals surface area contributed by atoms with E-state index in [0.29, 0.717) is 31.4 Å². The third-order valence-corrected chi connectivity index (χ3v) is 10.3. The summed E-state index contributed by atoms with van der Waals surface area (Å²) < 4.78 is 17.6. The van der Waals surface area contributed by atoms with E-state index in [2.05, 4.69) is 35.4 Å². The highest BCUT2D eigenvalue weighted by molar-refractivity contribution is 5.97. The van der Waals surface area contributed by atoms with Crippen LogP contribution in [-0.2, 0) is 23.9 Å². The first-order valence-electron chi connectivity index (χ1n) is 18.9. The summed E-state index contributed by atoms with van der Waals surface area (Å²) >= 11 is 0. The van der Waals surface area contributed by atoms with Crippen molar-refractivity contribution in [1.82, 2.24) is 20.5 Å². The van der Waals surface area contributed by atoms with Crippen molar-refractivity contribution in [2.45, 2.75) is 95.4 Å². The zero-order chi connectivity index (χ0) is 37.4. The summed E-state index contributed by atoms with van der Waals surface area (Å²) in [5.41, 5.74) is 2.16. The second-order valence-corrected chi connectivity index (χ2v) is 14.1. The molecule has 2 fully saturated rings. The molecule has 3 aliphatic rings. The van der Waals surface area contributed by atoms with Gasteiger partial charge in [0.2, 0.25) is 11.8 Å². The Morgan fingerprint density at radius 3 is 2.70 bits per heavy atom. The predicted octanol–water partition coefficient (Wildman–Crippen LogP) is 6.75. The Balaban J connectivity index is 1.38. The number of benzene rings is 2. The number of nitrogens with zero attached hydrogens (tertiary/aromatic N) is 2. The van der Waals surface area contributed by atoms with Crippen molar-refractivity contribution >= 4 is 40.9 Å². The molecule has 5 atom stereocenters. The Morgan fingerprint density at radius 2 is 1.94 bits per heavy atom. The second-order valence-electron chi connectivity index (χ2n) is 14.1. The van der Waals surface area contributed by atoms with Gasteiger partial charge in [-0.2, -0.15) is 0 Å². The van der Waals surface area contributed by atoms with Gasteiger partial charge in [-0.25, -0.2) is 14.6 Å². The van der Waals surface area contributed by atoms with Gasteiger partial charge in [0.05, 0.1) is 31.0 Å². The summed E-state index contributed by atoms with van der Waals surface area (Å²) in [7, 11) is 0. The number of carbonyl (C=O) groups is 4. The van der Waals surface area contributed by atoms with Crippen LogP contribution < -0.4 is 15.4 Å². The number of cyclic esters (lactones) is 1. The molecular weight excluding hydrogens is 672 g/mol. The van der Waals surface area contributed by atoms with E-state index in [1.54, 1.807) is 13.0 Å². The lowest BCUT2D eigenvalue weighted by Gasteiger charge is -2.29. The molecule has 0 radical (unpaired) electrons. The first kappa shape index (κ1) is 37.6. The standard InChI is InChI=1S/C42H50N4O7/c1-4-7-19-34-39(48)46-27-31(24-36(46)38(47)45-42(26-30(42)5-2)40(49)51-6-3)53-37-25-35(29-17-13-11-14-18-29)43-33-21-20-28(23-32(33)37)16-12-9-8-10-15-22-52-41(50)44-34/h5,11-14,16-18,20-21,23,25,30-31,34,36H,2,4,6-10,15,19,22,24,26-27H2,1,3H3,(H,44,50)(H,45,47)/t30-,31-,34+,36+,42-/m1/s1. The molecule has 2 aromatic carbocycles. The topological polar surface area (TPSA) is 136 Å². The lowest BCUT2D eigenvalue weighted by atomic mass is 10.1. The van der Waals surface area contributed by atoms with Crippen LogP contribution in [0.15, 0.2) is 73.3 Å². The molecule has 4 bridgehead atoms.